The summed E-state index contributed by atoms with van der Waals surface area (Å²) < 4.78 is 0. The molecule has 0 saturated carbocycles. The molecule has 8 heteroatoms. The molecule has 0 radical (unpaired) electrons. The summed E-state index contributed by atoms with van der Waals surface area (Å²) in [5.74, 6) is 0. The molecule has 0 aromatic heterocycles. The van der Waals surface area contributed by atoms with Crippen molar-refractivity contribution in [2.75, 3.05) is 5.43 Å². The molecule has 0 fully saturated rings. The van der Waals surface area contributed by atoms with Crippen molar-refractivity contribution in [3.63, 3.8) is 0 Å². The maximum Gasteiger partial charge on any atom is 0.185 e. The predicted molar refractivity (Wildman–Crippen MR) is 95.2 cm³/mol. The number of nitrogens with two attached hydrogens (primary N) is 1. The predicted octanol–water partition coefficient (Wildman–Crippen LogP) is 3.63. The molecule has 26 heavy (non-hydrogen) atoms. The maximum absolute atomic E-state index is 9.09. The van der Waals surface area contributed by atoms with Gasteiger partial charge >= 0.3 is 0 Å². The molecule has 1 heterocycles. The quantitative estimate of drug-likeness (QED) is 0.423. The summed E-state index contributed by atoms with van der Waals surface area (Å²) in [6.45, 7) is 0. The molecular formula is C18H10N8. The first kappa shape index (κ1) is 16.4. The van der Waals surface area contributed by atoms with Gasteiger partial charge in [-0.1, -0.05) is 18.2 Å². The highest BCUT2D eigenvalue weighted by Crippen LogP contribution is 2.40. The highest BCUT2D eigenvalue weighted by atomic mass is 15.3. The Morgan fingerprint density at radius 1 is 0.885 bits per heavy atom. The molecule has 0 bridgehead atoms. The minimum Gasteiger partial charge on any atom is -0.395 e. The number of rotatable bonds is 4. The van der Waals surface area contributed by atoms with Gasteiger partial charge in [-0.05, 0) is 35.4 Å². The van der Waals surface area contributed by atoms with Gasteiger partial charge in [0.25, 0.3) is 0 Å². The van der Waals surface area contributed by atoms with Gasteiger partial charge in [-0.2, -0.15) is 20.9 Å². The first-order chi connectivity index (χ1) is 12.7. The second kappa shape index (κ2) is 6.96. The van der Waals surface area contributed by atoms with Crippen LogP contribution in [0.5, 0.6) is 0 Å². The van der Waals surface area contributed by atoms with Crippen LogP contribution in [0.3, 0.4) is 0 Å². The molecule has 122 valence electrons. The average molecular weight is 338 g/mol. The molecule has 1 aliphatic rings. The van der Waals surface area contributed by atoms with Gasteiger partial charge in [0.15, 0.2) is 11.3 Å². The number of nitrogens with one attached hydrogen (secondary N) is 1. The van der Waals surface area contributed by atoms with Gasteiger partial charge in [0.2, 0.25) is 0 Å². The van der Waals surface area contributed by atoms with E-state index in [0.717, 1.165) is 22.5 Å². The van der Waals surface area contributed by atoms with Crippen LogP contribution in [0.25, 0.3) is 11.1 Å². The Bertz CT molecular complexity index is 1070. The molecule has 0 atom stereocenters. The highest BCUT2D eigenvalue weighted by Gasteiger charge is 2.11. The zero-order chi connectivity index (χ0) is 18.5. The molecule has 0 aliphatic carbocycles. The molecule has 2 aromatic rings. The number of nitrogens with zero attached hydrogens (tertiary/aromatic N) is 6. The van der Waals surface area contributed by atoms with Crippen LogP contribution >= 0.6 is 0 Å². The number of hydrogen-bond acceptors (Lipinski definition) is 8. The van der Waals surface area contributed by atoms with Crippen molar-refractivity contribution in [2.45, 2.75) is 0 Å². The van der Waals surface area contributed by atoms with Gasteiger partial charge in [0.05, 0.1) is 11.4 Å². The average Bonchev–Trinajstić information content (AvgIpc) is 2.65. The molecule has 0 spiro atoms. The summed E-state index contributed by atoms with van der Waals surface area (Å²) in [5.41, 5.74) is 11.8. The zero-order valence-electron chi connectivity index (χ0n) is 13.3. The first-order valence-corrected chi connectivity index (χ1v) is 7.36. The van der Waals surface area contributed by atoms with Crippen LogP contribution in [-0.2, 0) is 0 Å². The van der Waals surface area contributed by atoms with Gasteiger partial charge in [-0.3, -0.25) is 5.43 Å². The lowest BCUT2D eigenvalue weighted by Crippen LogP contribution is -2.13. The van der Waals surface area contributed by atoms with Crippen molar-refractivity contribution in [1.29, 1.82) is 15.8 Å². The van der Waals surface area contributed by atoms with Crippen molar-refractivity contribution in [3.8, 4) is 29.3 Å². The molecule has 0 amide bonds. The Labute approximate surface area is 148 Å². The van der Waals surface area contributed by atoms with E-state index in [1.54, 1.807) is 30.3 Å². The number of fused-ring (bicyclic) bond motifs is 1. The van der Waals surface area contributed by atoms with Crippen LogP contribution in [0.2, 0.25) is 0 Å². The number of nitriles is 3. The summed E-state index contributed by atoms with van der Waals surface area (Å²) in [7, 11) is 0. The van der Waals surface area contributed by atoms with Gasteiger partial charge in [-0.25, -0.2) is 0 Å². The van der Waals surface area contributed by atoms with E-state index in [2.05, 4.69) is 20.8 Å². The molecule has 1 aliphatic heterocycles. The van der Waals surface area contributed by atoms with Crippen molar-refractivity contribution in [2.24, 2.45) is 21.1 Å². The fourth-order valence-electron chi connectivity index (χ4n) is 2.20. The third-order valence-corrected chi connectivity index (χ3v) is 3.61. The molecule has 3 N–H and O–H groups in total. The SMILES string of the molecule is N#CC(C#N)=C(N)/C(C#N)=N/Nc1ccc(-c2ccc3c(c2)N=N3)cc1. The summed E-state index contributed by atoms with van der Waals surface area (Å²) >= 11 is 0. The van der Waals surface area contributed by atoms with E-state index < -0.39 is 0 Å². The van der Waals surface area contributed by atoms with Crippen LogP contribution in [-0.4, -0.2) is 5.71 Å². The molecule has 0 saturated heterocycles. The van der Waals surface area contributed by atoms with Crippen molar-refractivity contribution >= 4 is 22.8 Å². The van der Waals surface area contributed by atoms with E-state index in [0.29, 0.717) is 5.69 Å². The Kier molecular flexibility index (Phi) is 4.38. The molecule has 0 unspecified atom stereocenters. The Balaban J connectivity index is 1.78. The van der Waals surface area contributed by atoms with E-state index in [4.69, 9.17) is 21.5 Å². The van der Waals surface area contributed by atoms with E-state index in [1.807, 2.05) is 30.3 Å². The minimum atomic E-state index is -0.361. The van der Waals surface area contributed by atoms with Crippen LogP contribution in [0.15, 0.2) is 69.1 Å². The van der Waals surface area contributed by atoms with Gasteiger partial charge in [0.1, 0.15) is 29.6 Å². The third kappa shape index (κ3) is 3.09. The maximum atomic E-state index is 9.09. The van der Waals surface area contributed by atoms with Crippen molar-refractivity contribution in [3.05, 3.63) is 53.7 Å². The monoisotopic (exact) mass is 338 g/mol. The van der Waals surface area contributed by atoms with E-state index in [1.165, 1.54) is 0 Å². The largest absolute Gasteiger partial charge is 0.395 e. The fourth-order valence-corrected chi connectivity index (χ4v) is 2.20. The molecule has 8 nitrogen and oxygen atoms in total. The Hall–Kier alpha value is -4.48. The summed E-state index contributed by atoms with van der Waals surface area (Å²) in [6.07, 6.45) is 0. The van der Waals surface area contributed by atoms with Crippen LogP contribution in [0, 0.1) is 34.0 Å². The Morgan fingerprint density at radius 3 is 2.08 bits per heavy atom. The van der Waals surface area contributed by atoms with Crippen molar-refractivity contribution < 1.29 is 0 Å². The van der Waals surface area contributed by atoms with Crippen molar-refractivity contribution in [1.82, 2.24) is 0 Å². The number of hydrogen-bond donors (Lipinski definition) is 2. The van der Waals surface area contributed by atoms with E-state index >= 15 is 0 Å². The topological polar surface area (TPSA) is 146 Å². The lowest BCUT2D eigenvalue weighted by Gasteiger charge is -2.10. The number of benzene rings is 2. The van der Waals surface area contributed by atoms with Crippen LogP contribution < -0.4 is 11.2 Å². The number of hydrazone groups is 1. The first-order valence-electron chi connectivity index (χ1n) is 7.36. The van der Waals surface area contributed by atoms with E-state index in [9.17, 15) is 0 Å². The molecular weight excluding hydrogens is 328 g/mol. The Morgan fingerprint density at radius 2 is 1.54 bits per heavy atom. The number of allylic oxidation sites excluding steroid dienone is 2. The van der Waals surface area contributed by atoms with E-state index in [-0.39, 0.29) is 17.0 Å². The number of anilines is 1. The van der Waals surface area contributed by atoms with Crippen LogP contribution in [0.1, 0.15) is 0 Å². The number of azo groups is 1. The molecule has 2 aromatic carbocycles. The standard InChI is InChI=1S/C18H10N8/c19-8-13(9-20)18(22)17(10-21)26-23-14-4-1-11(2-5-14)12-3-6-15-16(7-12)25-24-15/h1-7,23H,22H2/b26-17+. The highest BCUT2D eigenvalue weighted by molar-refractivity contribution is 6.12. The summed E-state index contributed by atoms with van der Waals surface area (Å²) in [6, 6.07) is 18.2. The van der Waals surface area contributed by atoms with Crippen LogP contribution in [0.4, 0.5) is 17.1 Å². The zero-order valence-corrected chi connectivity index (χ0v) is 13.3. The smallest absolute Gasteiger partial charge is 0.185 e. The summed E-state index contributed by atoms with van der Waals surface area (Å²) in [5, 5.41) is 38.4. The third-order valence-electron chi connectivity index (χ3n) is 3.61. The second-order valence-electron chi connectivity index (χ2n) is 5.18. The lowest BCUT2D eigenvalue weighted by atomic mass is 10.0. The lowest BCUT2D eigenvalue weighted by molar-refractivity contribution is 1.14. The normalized spacial score (nSPS) is 11.2. The van der Waals surface area contributed by atoms with Gasteiger partial charge < -0.3 is 5.73 Å². The fraction of sp³-hybridized carbons (Fsp3) is 0. The van der Waals surface area contributed by atoms with Gasteiger partial charge in [-0.15, -0.1) is 10.2 Å². The van der Waals surface area contributed by atoms with Gasteiger partial charge in [0, 0.05) is 0 Å². The molecule has 3 rings (SSSR count). The second-order valence-corrected chi connectivity index (χ2v) is 5.18. The summed E-state index contributed by atoms with van der Waals surface area (Å²) in [4.78, 5) is 0. The minimum absolute atomic E-state index is 0.236.